The standard InChI is InChI=1S/C7H5F10OP/c1-2-3-19(18,6(14,15)4(8,9)10)7(16,17)5(11,12)13/h2H,1,3H2. The lowest BCUT2D eigenvalue weighted by atomic mass is 10.7. The minimum atomic E-state index is -7.40. The van der Waals surface area contributed by atoms with Crippen LogP contribution < -0.4 is 0 Å². The molecule has 0 atom stereocenters. The van der Waals surface area contributed by atoms with Crippen molar-refractivity contribution in [3.05, 3.63) is 12.7 Å². The van der Waals surface area contributed by atoms with Crippen LogP contribution in [-0.2, 0) is 4.57 Å². The van der Waals surface area contributed by atoms with Gasteiger partial charge in [-0.2, -0.15) is 43.9 Å². The molecule has 0 radical (unpaired) electrons. The van der Waals surface area contributed by atoms with Crippen molar-refractivity contribution in [3.8, 4) is 0 Å². The van der Waals surface area contributed by atoms with Gasteiger partial charge in [0.25, 0.3) is 0 Å². The summed E-state index contributed by atoms with van der Waals surface area (Å²) in [6, 6.07) is 0. The van der Waals surface area contributed by atoms with Gasteiger partial charge in [0.1, 0.15) is 0 Å². The van der Waals surface area contributed by atoms with Gasteiger partial charge >= 0.3 is 23.7 Å². The zero-order valence-electron chi connectivity index (χ0n) is 8.63. The maximum absolute atomic E-state index is 12.8. The third-order valence-electron chi connectivity index (χ3n) is 1.98. The van der Waals surface area contributed by atoms with Crippen LogP contribution in [0.3, 0.4) is 0 Å². The van der Waals surface area contributed by atoms with Crippen LogP contribution in [0.4, 0.5) is 43.9 Å². The lowest BCUT2D eigenvalue weighted by Crippen LogP contribution is -2.48. The Morgan fingerprint density at radius 3 is 1.21 bits per heavy atom. The van der Waals surface area contributed by atoms with E-state index in [1.807, 2.05) is 0 Å². The number of allylic oxidation sites excluding steroid dienone is 1. The molecule has 0 bridgehead atoms. The first-order chi connectivity index (χ1) is 8.06. The fraction of sp³-hybridized carbons (Fsp3) is 0.714. The van der Waals surface area contributed by atoms with Crippen molar-refractivity contribution in [3.63, 3.8) is 0 Å². The summed E-state index contributed by atoms with van der Waals surface area (Å²) < 4.78 is 134. The monoisotopic (exact) mass is 326 g/mol. The molecule has 0 aromatic carbocycles. The van der Waals surface area contributed by atoms with Gasteiger partial charge in [-0.1, -0.05) is 6.08 Å². The van der Waals surface area contributed by atoms with E-state index in [0.717, 1.165) is 0 Å². The Morgan fingerprint density at radius 2 is 1.05 bits per heavy atom. The molecule has 0 fully saturated rings. The molecule has 0 saturated carbocycles. The molecule has 0 saturated heterocycles. The Balaban J connectivity index is 6.20. The Morgan fingerprint density at radius 1 is 0.789 bits per heavy atom. The maximum atomic E-state index is 12.8. The van der Waals surface area contributed by atoms with E-state index in [9.17, 15) is 48.5 Å². The van der Waals surface area contributed by atoms with Gasteiger partial charge in [-0.05, 0) is 0 Å². The van der Waals surface area contributed by atoms with E-state index in [2.05, 4.69) is 6.58 Å². The number of hydrogen-bond donors (Lipinski definition) is 0. The Kier molecular flexibility index (Phi) is 4.50. The minimum Gasteiger partial charge on any atom is -0.310 e. The molecule has 0 aliphatic heterocycles. The highest BCUT2D eigenvalue weighted by Gasteiger charge is 2.82. The minimum absolute atomic E-state index is 0.111. The molecule has 1 nitrogen and oxygen atoms in total. The van der Waals surface area contributed by atoms with Crippen LogP contribution in [0, 0.1) is 0 Å². The van der Waals surface area contributed by atoms with Crippen LogP contribution in [-0.4, -0.2) is 29.8 Å². The van der Waals surface area contributed by atoms with E-state index in [1.165, 1.54) is 0 Å². The summed E-state index contributed by atoms with van der Waals surface area (Å²) in [5.41, 5.74) is -13.4. The number of alkyl halides is 10. The van der Waals surface area contributed by atoms with E-state index < -0.39 is 37.0 Å². The number of rotatable bonds is 4. The van der Waals surface area contributed by atoms with Crippen LogP contribution >= 0.6 is 7.14 Å². The highest BCUT2D eigenvalue weighted by molar-refractivity contribution is 7.66. The molecular formula is C7H5F10OP. The molecule has 0 N–H and O–H groups in total. The molecular weight excluding hydrogens is 321 g/mol. The van der Waals surface area contributed by atoms with Crippen LogP contribution in [0.25, 0.3) is 0 Å². The van der Waals surface area contributed by atoms with Crippen molar-refractivity contribution in [1.29, 1.82) is 0 Å². The maximum Gasteiger partial charge on any atom is 0.461 e. The van der Waals surface area contributed by atoms with E-state index >= 15 is 0 Å². The molecule has 0 aromatic heterocycles. The molecule has 0 heterocycles. The van der Waals surface area contributed by atoms with Crippen molar-refractivity contribution in [1.82, 2.24) is 0 Å². The van der Waals surface area contributed by atoms with E-state index in [4.69, 9.17) is 0 Å². The first-order valence-corrected chi connectivity index (χ1v) is 6.04. The quantitative estimate of drug-likeness (QED) is 0.410. The fourth-order valence-corrected chi connectivity index (χ4v) is 2.99. The second kappa shape index (κ2) is 4.68. The van der Waals surface area contributed by atoms with Gasteiger partial charge in [-0.3, -0.25) is 0 Å². The van der Waals surface area contributed by atoms with Gasteiger partial charge in [0.2, 0.25) is 7.14 Å². The Labute approximate surface area is 99.2 Å². The normalized spacial score (nSPS) is 15.5. The summed E-state index contributed by atoms with van der Waals surface area (Å²) in [6.45, 7) is 2.46. The van der Waals surface area contributed by atoms with Gasteiger partial charge in [-0.25, -0.2) is 0 Å². The van der Waals surface area contributed by atoms with Crippen molar-refractivity contribution < 1.29 is 48.5 Å². The molecule has 12 heteroatoms. The predicted molar refractivity (Wildman–Crippen MR) is 44.7 cm³/mol. The summed E-state index contributed by atoms with van der Waals surface area (Å²) in [5, 5.41) is 0. The number of hydrogen-bond acceptors (Lipinski definition) is 1. The molecule has 114 valence electrons. The lowest BCUT2D eigenvalue weighted by molar-refractivity contribution is -0.265. The molecule has 0 aliphatic carbocycles. The summed E-state index contributed by atoms with van der Waals surface area (Å²) in [6.07, 6.45) is -16.1. The lowest BCUT2D eigenvalue weighted by Gasteiger charge is -2.34. The average molecular weight is 326 g/mol. The molecule has 0 amide bonds. The van der Waals surface area contributed by atoms with Gasteiger partial charge in [0.05, 0.1) is 0 Å². The van der Waals surface area contributed by atoms with Crippen LogP contribution in [0.5, 0.6) is 0 Å². The van der Waals surface area contributed by atoms with Crippen molar-refractivity contribution in [2.45, 2.75) is 23.7 Å². The van der Waals surface area contributed by atoms with E-state index in [1.54, 1.807) is 0 Å². The van der Waals surface area contributed by atoms with E-state index in [0.29, 0.717) is 0 Å². The topological polar surface area (TPSA) is 17.1 Å². The molecule has 0 aliphatic rings. The average Bonchev–Trinajstić information content (AvgIpc) is 2.13. The van der Waals surface area contributed by atoms with Crippen LogP contribution in [0.1, 0.15) is 0 Å². The van der Waals surface area contributed by atoms with Crippen molar-refractivity contribution in [2.75, 3.05) is 6.16 Å². The van der Waals surface area contributed by atoms with Crippen molar-refractivity contribution in [2.24, 2.45) is 0 Å². The third-order valence-corrected chi connectivity index (χ3v) is 5.07. The van der Waals surface area contributed by atoms with Gasteiger partial charge in [0.15, 0.2) is 0 Å². The van der Waals surface area contributed by atoms with Crippen molar-refractivity contribution >= 4 is 7.14 Å². The third kappa shape index (κ3) is 2.61. The molecule has 0 spiro atoms. The second-order valence-electron chi connectivity index (χ2n) is 3.29. The van der Waals surface area contributed by atoms with E-state index in [-0.39, 0.29) is 6.08 Å². The number of halogens is 10. The Hall–Kier alpha value is -0.730. The van der Waals surface area contributed by atoms with Crippen LogP contribution in [0.15, 0.2) is 12.7 Å². The van der Waals surface area contributed by atoms with Crippen LogP contribution in [0.2, 0.25) is 0 Å². The SMILES string of the molecule is C=CCP(=O)(C(F)(F)C(F)(F)F)C(F)(F)C(F)(F)F. The zero-order chi connectivity index (χ0) is 15.9. The fourth-order valence-electron chi connectivity index (χ4n) is 0.997. The second-order valence-corrected chi connectivity index (χ2v) is 6.26. The Bertz CT molecular complexity index is 362. The zero-order valence-corrected chi connectivity index (χ0v) is 9.52. The van der Waals surface area contributed by atoms with Gasteiger partial charge in [-0.15, -0.1) is 6.58 Å². The first kappa shape index (κ1) is 18.3. The van der Waals surface area contributed by atoms with Gasteiger partial charge < -0.3 is 4.57 Å². The predicted octanol–water partition coefficient (Wildman–Crippen LogP) is 4.85. The summed E-state index contributed by atoms with van der Waals surface area (Å²) in [4.78, 5) is 0. The smallest absolute Gasteiger partial charge is 0.310 e. The summed E-state index contributed by atoms with van der Waals surface area (Å²) in [7, 11) is -7.40. The largest absolute Gasteiger partial charge is 0.461 e. The molecule has 0 aromatic rings. The highest BCUT2D eigenvalue weighted by atomic mass is 31.2. The molecule has 19 heavy (non-hydrogen) atoms. The highest BCUT2D eigenvalue weighted by Crippen LogP contribution is 2.76. The first-order valence-electron chi connectivity index (χ1n) is 4.15. The molecule has 0 unspecified atom stereocenters. The molecule has 0 rings (SSSR count). The summed E-state index contributed by atoms with van der Waals surface area (Å²) >= 11 is 0. The summed E-state index contributed by atoms with van der Waals surface area (Å²) in [5.74, 6) is 0. The van der Waals surface area contributed by atoms with Gasteiger partial charge in [0, 0.05) is 6.16 Å².